The SMILES string of the molecule is CC[C@H](C)[C@H]1C(=O)N2CCC[C@H]2C(=O)O[C@H](C(C)(C)C)C[C@@H](C)C[C@H](C)CC2=N[C@@H](CCC(=O)C[C@@H](Cc3ccc(OC)cc3)C(=O)N(C)[C@@H](C)C(=O)N1C)CS2. The number of carbonyl (C=O) groups excluding carboxylic acids is 5. The van der Waals surface area contributed by atoms with Crippen LogP contribution in [0.25, 0.3) is 0 Å². The number of aliphatic imine (C=N–C) groups is 1. The number of methoxy groups -OCH3 is 1. The number of Topliss-reactive ketones (excluding diaryl/α,β-unsaturated/α-hetero) is 1. The second-order valence-electron chi connectivity index (χ2n) is 18.3. The number of nitrogens with zero attached hydrogens (tertiary/aromatic N) is 4. The van der Waals surface area contributed by atoms with Crippen molar-refractivity contribution in [2.75, 3.05) is 33.5 Å². The minimum atomic E-state index is -0.913. The average Bonchev–Trinajstić information content (AvgIpc) is 3.85. The van der Waals surface area contributed by atoms with E-state index in [-0.39, 0.29) is 65.3 Å². The van der Waals surface area contributed by atoms with Crippen molar-refractivity contribution in [2.45, 2.75) is 150 Å². The Morgan fingerprint density at radius 1 is 0.912 bits per heavy atom. The van der Waals surface area contributed by atoms with Crippen LogP contribution in [0, 0.1) is 29.1 Å². The first-order valence-corrected chi connectivity index (χ1v) is 22.2. The van der Waals surface area contributed by atoms with Crippen molar-refractivity contribution in [3.63, 3.8) is 0 Å². The maximum Gasteiger partial charge on any atom is 0.329 e. The van der Waals surface area contributed by atoms with Crippen molar-refractivity contribution in [3.05, 3.63) is 29.8 Å². The van der Waals surface area contributed by atoms with Gasteiger partial charge in [0.25, 0.3) is 0 Å². The molecule has 3 aliphatic rings. The molecule has 3 amide bonds. The fourth-order valence-electron chi connectivity index (χ4n) is 8.59. The topological polar surface area (TPSA) is 126 Å². The molecule has 1 aromatic carbocycles. The Morgan fingerprint density at radius 3 is 2.23 bits per heavy atom. The minimum absolute atomic E-state index is 0.000455. The lowest BCUT2D eigenvalue weighted by Gasteiger charge is -2.39. The molecule has 0 N–H and O–H groups in total. The van der Waals surface area contributed by atoms with Gasteiger partial charge in [-0.1, -0.05) is 67.0 Å². The Hall–Kier alpha value is -3.41. The molecular formula is C45H70N4O7S. The molecule has 9 atom stereocenters. The van der Waals surface area contributed by atoms with Crippen molar-refractivity contribution in [1.82, 2.24) is 14.7 Å². The van der Waals surface area contributed by atoms with Gasteiger partial charge in [0.1, 0.15) is 35.8 Å². The van der Waals surface area contributed by atoms with Gasteiger partial charge in [-0.05, 0) is 92.7 Å². The number of hydrogen-bond donors (Lipinski definition) is 0. The molecule has 0 saturated carbocycles. The Morgan fingerprint density at radius 2 is 1.60 bits per heavy atom. The fraction of sp³-hybridized carbons (Fsp3) is 0.733. The van der Waals surface area contributed by atoms with Gasteiger partial charge in [0.15, 0.2) is 0 Å². The van der Waals surface area contributed by atoms with Gasteiger partial charge in [-0.2, -0.15) is 0 Å². The van der Waals surface area contributed by atoms with Crippen LogP contribution in [-0.4, -0.2) is 113 Å². The third-order valence-corrected chi connectivity index (χ3v) is 13.6. The zero-order valence-electron chi connectivity index (χ0n) is 36.5. The Kier molecular flexibility index (Phi) is 16.7. The van der Waals surface area contributed by atoms with E-state index in [0.717, 1.165) is 29.2 Å². The quantitative estimate of drug-likeness (QED) is 0.286. The van der Waals surface area contributed by atoms with E-state index in [9.17, 15) is 24.0 Å². The van der Waals surface area contributed by atoms with Gasteiger partial charge in [0.2, 0.25) is 17.7 Å². The maximum atomic E-state index is 14.6. The number of likely N-dealkylation sites (N-methyl/N-ethyl adjacent to an activating group) is 2. The van der Waals surface area contributed by atoms with E-state index in [2.05, 4.69) is 34.6 Å². The predicted molar refractivity (Wildman–Crippen MR) is 227 cm³/mol. The minimum Gasteiger partial charge on any atom is -0.497 e. The number of thioether (sulfide) groups is 1. The number of esters is 1. The van der Waals surface area contributed by atoms with Crippen molar-refractivity contribution in [2.24, 2.45) is 34.1 Å². The summed E-state index contributed by atoms with van der Waals surface area (Å²) in [5.74, 6) is -0.0586. The van der Waals surface area contributed by atoms with Gasteiger partial charge in [0, 0.05) is 45.2 Å². The molecule has 57 heavy (non-hydrogen) atoms. The molecule has 3 aliphatic heterocycles. The molecule has 0 radical (unpaired) electrons. The first-order chi connectivity index (χ1) is 26.8. The molecule has 0 spiro atoms. The van der Waals surface area contributed by atoms with E-state index in [1.807, 2.05) is 38.1 Å². The lowest BCUT2D eigenvalue weighted by molar-refractivity contribution is -0.166. The zero-order valence-corrected chi connectivity index (χ0v) is 37.4. The molecule has 3 heterocycles. The van der Waals surface area contributed by atoms with Crippen LogP contribution in [0.1, 0.15) is 119 Å². The highest BCUT2D eigenvalue weighted by atomic mass is 32.2. The standard InChI is InChI=1S/C45H70N4O7S/c1-12-30(4)40-43(53)49-21-13-14-37(49)44(54)56-38(45(6,7)8)23-28(2)22-29(3)24-39-46-34(27-57-39)17-18-35(50)26-33(25-32-15-19-36(55-11)20-16-32)42(52)47(9)31(5)41(51)48(40)10/h15-16,19-20,28-31,33-34,37-38,40H,12-14,17-18,21-27H2,1-11H3/t28-,29-,30-,31-,33+,34-,37-,38-,40-/m0/s1. The van der Waals surface area contributed by atoms with Crippen molar-refractivity contribution < 1.29 is 33.4 Å². The van der Waals surface area contributed by atoms with Crippen LogP contribution in [-0.2, 0) is 35.1 Å². The predicted octanol–water partition coefficient (Wildman–Crippen LogP) is 7.23. The number of benzene rings is 1. The molecule has 0 aliphatic carbocycles. The van der Waals surface area contributed by atoms with Crippen molar-refractivity contribution in [3.8, 4) is 5.75 Å². The highest BCUT2D eigenvalue weighted by molar-refractivity contribution is 8.14. The number of fused-ring (bicyclic) bond motifs is 2. The third-order valence-electron chi connectivity index (χ3n) is 12.5. The lowest BCUT2D eigenvalue weighted by atomic mass is 9.81. The van der Waals surface area contributed by atoms with E-state index in [0.29, 0.717) is 63.2 Å². The number of ether oxygens (including phenoxy) is 2. The molecule has 4 rings (SSSR count). The second kappa shape index (κ2) is 20.5. The Labute approximate surface area is 346 Å². The van der Waals surface area contributed by atoms with Crippen molar-refractivity contribution >= 4 is 46.3 Å². The number of ketones is 1. The fourth-order valence-corrected chi connectivity index (χ4v) is 9.84. The Balaban J connectivity index is 1.67. The van der Waals surface area contributed by atoms with Crippen LogP contribution in [0.3, 0.4) is 0 Å². The van der Waals surface area contributed by atoms with Crippen LogP contribution in [0.5, 0.6) is 5.75 Å². The van der Waals surface area contributed by atoms with Gasteiger partial charge >= 0.3 is 5.97 Å². The van der Waals surface area contributed by atoms with Crippen LogP contribution in [0.2, 0.25) is 0 Å². The summed E-state index contributed by atoms with van der Waals surface area (Å²) >= 11 is 1.77. The van der Waals surface area contributed by atoms with Gasteiger partial charge in [-0.25, -0.2) is 4.79 Å². The summed E-state index contributed by atoms with van der Waals surface area (Å²) in [5, 5.41) is 1.12. The molecule has 11 nitrogen and oxygen atoms in total. The van der Waals surface area contributed by atoms with Gasteiger partial charge in [-0.3, -0.25) is 24.2 Å². The molecule has 12 heteroatoms. The number of rotatable bonds is 5. The van der Waals surface area contributed by atoms with E-state index in [4.69, 9.17) is 14.5 Å². The molecular weight excluding hydrogens is 741 g/mol. The van der Waals surface area contributed by atoms with E-state index >= 15 is 0 Å². The number of carbonyl (C=O) groups is 5. The largest absolute Gasteiger partial charge is 0.497 e. The maximum absolute atomic E-state index is 14.6. The normalized spacial score (nSPS) is 30.3. The number of hydrogen-bond acceptors (Lipinski definition) is 9. The second-order valence-corrected chi connectivity index (χ2v) is 19.4. The summed E-state index contributed by atoms with van der Waals surface area (Å²) < 4.78 is 11.7. The first-order valence-electron chi connectivity index (χ1n) is 21.2. The summed E-state index contributed by atoms with van der Waals surface area (Å²) in [4.78, 5) is 80.4. The summed E-state index contributed by atoms with van der Waals surface area (Å²) in [7, 11) is 4.81. The monoisotopic (exact) mass is 810 g/mol. The van der Waals surface area contributed by atoms with Crippen molar-refractivity contribution in [1.29, 1.82) is 0 Å². The zero-order chi connectivity index (χ0) is 42.2. The molecule has 1 saturated heterocycles. The van der Waals surface area contributed by atoms with E-state index in [1.54, 1.807) is 44.8 Å². The summed E-state index contributed by atoms with van der Waals surface area (Å²) in [6.45, 7) is 16.7. The van der Waals surface area contributed by atoms with Crippen LogP contribution in [0.15, 0.2) is 29.3 Å². The van der Waals surface area contributed by atoms with E-state index in [1.165, 1.54) is 9.80 Å². The average molecular weight is 811 g/mol. The molecule has 1 fully saturated rings. The molecule has 2 bridgehead atoms. The number of cyclic esters (lactones) is 1. The van der Waals surface area contributed by atoms with Gasteiger partial charge < -0.3 is 24.2 Å². The van der Waals surface area contributed by atoms with Gasteiger partial charge in [-0.15, -0.1) is 11.8 Å². The molecule has 0 aromatic heterocycles. The van der Waals surface area contributed by atoms with Crippen LogP contribution < -0.4 is 4.74 Å². The van der Waals surface area contributed by atoms with Crippen LogP contribution >= 0.6 is 11.8 Å². The Bertz CT molecular complexity index is 1590. The third kappa shape index (κ3) is 12.3. The summed E-state index contributed by atoms with van der Waals surface area (Å²) in [6.07, 6.45) is 5.30. The summed E-state index contributed by atoms with van der Waals surface area (Å²) in [5.41, 5.74) is 0.578. The molecule has 318 valence electrons. The van der Waals surface area contributed by atoms with Crippen LogP contribution in [0.4, 0.5) is 0 Å². The lowest BCUT2D eigenvalue weighted by Crippen LogP contribution is -2.58. The van der Waals surface area contributed by atoms with E-state index < -0.39 is 24.0 Å². The first kappa shape index (κ1) is 46.3. The highest BCUT2D eigenvalue weighted by Crippen LogP contribution is 2.34. The molecule has 1 aromatic rings. The highest BCUT2D eigenvalue weighted by Gasteiger charge is 2.44. The smallest absolute Gasteiger partial charge is 0.329 e. The summed E-state index contributed by atoms with van der Waals surface area (Å²) in [6, 6.07) is 5.03. The van der Waals surface area contributed by atoms with Gasteiger partial charge in [0.05, 0.1) is 18.2 Å². The number of amides is 3. The molecule has 0 unspecified atom stereocenters.